The minimum atomic E-state index is -0.842. The Morgan fingerprint density at radius 2 is 1.75 bits per heavy atom. The molecule has 1 aromatic heterocycles. The van der Waals surface area contributed by atoms with E-state index in [4.69, 9.17) is 28.9 Å². The average Bonchev–Trinajstić information content (AvgIpc) is 3.00. The molecule has 3 rings (SSSR count). The molecule has 0 saturated heterocycles. The summed E-state index contributed by atoms with van der Waals surface area (Å²) in [5.41, 5.74) is 7.38. The lowest BCUT2D eigenvalue weighted by atomic mass is 9.99. The zero-order chi connectivity index (χ0) is 17.3. The number of aromatic nitrogens is 1. The number of hydrogen-bond donors (Lipinski definition) is 1. The van der Waals surface area contributed by atoms with Crippen molar-refractivity contribution >= 4 is 40.4 Å². The molecule has 2 N–H and O–H groups in total. The fraction of sp³-hybridized carbons (Fsp3) is 0.0588. The van der Waals surface area contributed by atoms with Crippen molar-refractivity contribution < 1.29 is 9.18 Å². The number of benzene rings is 2. The van der Waals surface area contributed by atoms with Crippen molar-refractivity contribution in [1.29, 1.82) is 0 Å². The number of rotatable bonds is 4. The van der Waals surface area contributed by atoms with Gasteiger partial charge in [0.2, 0.25) is 5.91 Å². The molecule has 0 radical (unpaired) electrons. The summed E-state index contributed by atoms with van der Waals surface area (Å²) in [7, 11) is 0. The summed E-state index contributed by atoms with van der Waals surface area (Å²) in [6, 6.07) is 10.9. The fourth-order valence-electron chi connectivity index (χ4n) is 2.35. The molecular weight excluding hydrogens is 370 g/mol. The quantitative estimate of drug-likeness (QED) is 0.701. The predicted octanol–water partition coefficient (Wildman–Crippen LogP) is 4.87. The number of thiazole rings is 1. The highest BCUT2D eigenvalue weighted by Crippen LogP contribution is 2.37. The van der Waals surface area contributed by atoms with Gasteiger partial charge in [-0.2, -0.15) is 0 Å². The van der Waals surface area contributed by atoms with E-state index in [9.17, 15) is 9.18 Å². The van der Waals surface area contributed by atoms with Crippen molar-refractivity contribution in [1.82, 2.24) is 4.98 Å². The van der Waals surface area contributed by atoms with Crippen LogP contribution in [0.5, 0.6) is 0 Å². The molecule has 0 aliphatic carbocycles. The van der Waals surface area contributed by atoms with Gasteiger partial charge in [0.25, 0.3) is 0 Å². The Bertz CT molecular complexity index is 876. The number of primary amides is 1. The zero-order valence-corrected chi connectivity index (χ0v) is 14.5. The summed E-state index contributed by atoms with van der Waals surface area (Å²) in [6.45, 7) is 0. The van der Waals surface area contributed by atoms with Crippen LogP contribution in [0.1, 0.15) is 16.5 Å². The molecule has 1 heterocycles. The van der Waals surface area contributed by atoms with Crippen LogP contribution in [0.15, 0.2) is 47.8 Å². The first-order valence-corrected chi connectivity index (χ1v) is 8.55. The summed E-state index contributed by atoms with van der Waals surface area (Å²) in [4.78, 5) is 16.5. The molecule has 122 valence electrons. The first-order valence-electron chi connectivity index (χ1n) is 6.92. The van der Waals surface area contributed by atoms with E-state index in [0.29, 0.717) is 26.3 Å². The summed E-state index contributed by atoms with van der Waals surface area (Å²) in [5, 5.41) is 2.97. The molecule has 1 unspecified atom stereocenters. The molecule has 0 saturated carbocycles. The highest BCUT2D eigenvalue weighted by Gasteiger charge is 2.28. The fourth-order valence-corrected chi connectivity index (χ4v) is 3.91. The van der Waals surface area contributed by atoms with Gasteiger partial charge in [-0.1, -0.05) is 29.3 Å². The van der Waals surface area contributed by atoms with E-state index in [1.165, 1.54) is 23.5 Å². The molecule has 0 aliphatic heterocycles. The van der Waals surface area contributed by atoms with Gasteiger partial charge < -0.3 is 5.73 Å². The zero-order valence-electron chi connectivity index (χ0n) is 12.2. The van der Waals surface area contributed by atoms with Crippen LogP contribution in [-0.2, 0) is 4.79 Å². The lowest BCUT2D eigenvalue weighted by Crippen LogP contribution is -2.23. The third-order valence-electron chi connectivity index (χ3n) is 3.48. The number of hydrogen-bond acceptors (Lipinski definition) is 3. The van der Waals surface area contributed by atoms with E-state index >= 15 is 0 Å². The molecule has 1 atom stereocenters. The number of carbonyl (C=O) groups excluding carboxylic acids is 1. The van der Waals surface area contributed by atoms with Gasteiger partial charge in [-0.05, 0) is 36.4 Å². The van der Waals surface area contributed by atoms with Crippen molar-refractivity contribution in [2.75, 3.05) is 0 Å². The van der Waals surface area contributed by atoms with Gasteiger partial charge >= 0.3 is 0 Å². The molecule has 3 aromatic rings. The summed E-state index contributed by atoms with van der Waals surface area (Å²) >= 11 is 13.7. The standard InChI is InChI=1S/C17H11Cl2FN2OS/c18-11-2-1-3-12(19)14(11)15(16(21)23)17-22-13(8-24-17)9-4-6-10(20)7-5-9/h1-8,15H,(H2,21,23). The van der Waals surface area contributed by atoms with Gasteiger partial charge in [0.05, 0.1) is 5.69 Å². The smallest absolute Gasteiger partial charge is 0.232 e. The van der Waals surface area contributed by atoms with E-state index in [-0.39, 0.29) is 5.82 Å². The third-order valence-corrected chi connectivity index (χ3v) is 5.05. The van der Waals surface area contributed by atoms with Crippen molar-refractivity contribution in [3.63, 3.8) is 0 Å². The van der Waals surface area contributed by atoms with E-state index in [1.807, 2.05) is 0 Å². The van der Waals surface area contributed by atoms with Crippen LogP contribution >= 0.6 is 34.5 Å². The van der Waals surface area contributed by atoms with E-state index in [2.05, 4.69) is 4.98 Å². The van der Waals surface area contributed by atoms with E-state index in [1.54, 1.807) is 35.7 Å². The second-order valence-corrected chi connectivity index (χ2v) is 6.75. The number of halogens is 3. The van der Waals surface area contributed by atoms with Crippen molar-refractivity contribution in [3.8, 4) is 11.3 Å². The van der Waals surface area contributed by atoms with Gasteiger partial charge in [0.1, 0.15) is 16.7 Å². The number of nitrogens with two attached hydrogens (primary N) is 1. The Morgan fingerprint density at radius 1 is 1.12 bits per heavy atom. The maximum Gasteiger partial charge on any atom is 0.232 e. The average molecular weight is 381 g/mol. The Morgan fingerprint density at radius 3 is 2.33 bits per heavy atom. The summed E-state index contributed by atoms with van der Waals surface area (Å²) in [5.74, 6) is -1.76. The molecule has 2 aromatic carbocycles. The molecule has 0 aliphatic rings. The van der Waals surface area contributed by atoms with Gasteiger partial charge in [0.15, 0.2) is 0 Å². The van der Waals surface area contributed by atoms with Gasteiger partial charge in [0, 0.05) is 26.6 Å². The largest absolute Gasteiger partial charge is 0.369 e. The highest BCUT2D eigenvalue weighted by molar-refractivity contribution is 7.10. The minimum Gasteiger partial charge on any atom is -0.369 e. The van der Waals surface area contributed by atoms with E-state index < -0.39 is 11.8 Å². The predicted molar refractivity (Wildman–Crippen MR) is 95.0 cm³/mol. The van der Waals surface area contributed by atoms with Crippen molar-refractivity contribution in [2.45, 2.75) is 5.92 Å². The summed E-state index contributed by atoms with van der Waals surface area (Å²) in [6.07, 6.45) is 0. The molecule has 0 bridgehead atoms. The van der Waals surface area contributed by atoms with Crippen molar-refractivity contribution in [3.05, 3.63) is 74.3 Å². The second-order valence-electron chi connectivity index (χ2n) is 5.05. The Hall–Kier alpha value is -1.95. The maximum absolute atomic E-state index is 13.0. The topological polar surface area (TPSA) is 56.0 Å². The number of carbonyl (C=O) groups is 1. The van der Waals surface area contributed by atoms with Crippen LogP contribution < -0.4 is 5.73 Å². The van der Waals surface area contributed by atoms with E-state index in [0.717, 1.165) is 5.56 Å². The van der Waals surface area contributed by atoms with Crippen LogP contribution in [0.4, 0.5) is 4.39 Å². The van der Waals surface area contributed by atoms with Crippen LogP contribution in [0.25, 0.3) is 11.3 Å². The second kappa shape index (κ2) is 6.89. The van der Waals surface area contributed by atoms with Gasteiger partial charge in [-0.25, -0.2) is 9.37 Å². The highest BCUT2D eigenvalue weighted by atomic mass is 35.5. The Kier molecular flexibility index (Phi) is 4.85. The van der Waals surface area contributed by atoms with Crippen molar-refractivity contribution in [2.24, 2.45) is 5.73 Å². The van der Waals surface area contributed by atoms with Crippen LogP contribution in [0.3, 0.4) is 0 Å². The van der Waals surface area contributed by atoms with Crippen LogP contribution in [-0.4, -0.2) is 10.9 Å². The van der Waals surface area contributed by atoms with Crippen LogP contribution in [0, 0.1) is 5.82 Å². The number of amides is 1. The molecular formula is C17H11Cl2FN2OS. The monoisotopic (exact) mass is 380 g/mol. The lowest BCUT2D eigenvalue weighted by Gasteiger charge is -2.14. The van der Waals surface area contributed by atoms with Gasteiger partial charge in [-0.3, -0.25) is 4.79 Å². The Balaban J connectivity index is 2.05. The molecule has 0 fully saturated rings. The minimum absolute atomic E-state index is 0.327. The Labute approximate surface area is 151 Å². The summed E-state index contributed by atoms with van der Waals surface area (Å²) < 4.78 is 13.0. The van der Waals surface area contributed by atoms with Crippen LogP contribution in [0.2, 0.25) is 10.0 Å². The molecule has 7 heteroatoms. The molecule has 24 heavy (non-hydrogen) atoms. The normalized spacial score (nSPS) is 12.1. The maximum atomic E-state index is 13.0. The molecule has 1 amide bonds. The first-order chi connectivity index (χ1) is 11.5. The lowest BCUT2D eigenvalue weighted by molar-refractivity contribution is -0.118. The SMILES string of the molecule is NC(=O)C(c1nc(-c2ccc(F)cc2)cs1)c1c(Cl)cccc1Cl. The molecule has 3 nitrogen and oxygen atoms in total. The number of nitrogens with zero attached hydrogens (tertiary/aromatic N) is 1. The third kappa shape index (κ3) is 3.29. The molecule has 0 spiro atoms. The first kappa shape index (κ1) is 16.9. The van der Waals surface area contributed by atoms with Gasteiger partial charge in [-0.15, -0.1) is 11.3 Å².